The second-order valence-corrected chi connectivity index (χ2v) is 4.01. The van der Waals surface area contributed by atoms with Crippen LogP contribution in [0.15, 0.2) is 18.2 Å². The molecule has 0 aliphatic carbocycles. The molecule has 15 heavy (non-hydrogen) atoms. The van der Waals surface area contributed by atoms with Gasteiger partial charge in [-0.05, 0) is 30.5 Å². The molecule has 0 aliphatic rings. The average Bonchev–Trinajstić information content (AvgIpc) is 2.23. The van der Waals surface area contributed by atoms with Gasteiger partial charge in [-0.2, -0.15) is 0 Å². The van der Waals surface area contributed by atoms with Crippen molar-refractivity contribution in [2.75, 3.05) is 0 Å². The lowest BCUT2D eigenvalue weighted by Gasteiger charge is -2.14. The van der Waals surface area contributed by atoms with E-state index in [0.717, 1.165) is 24.8 Å². The maximum Gasteiger partial charge on any atom is 0.142 e. The Balaban J connectivity index is 2.66. The standard InChI is InChI=1S/C11H16ClFN2/c1-2-3-9(15-14)6-8-4-5-10(12)11(13)7-8/h4-5,7,9,15H,2-3,6,14H2,1H3. The molecule has 4 heteroatoms. The second-order valence-electron chi connectivity index (χ2n) is 3.60. The van der Waals surface area contributed by atoms with Crippen LogP contribution >= 0.6 is 11.6 Å². The number of hydrazine groups is 1. The first kappa shape index (κ1) is 12.4. The molecule has 0 amide bonds. The third-order valence-corrected chi connectivity index (χ3v) is 2.65. The highest BCUT2D eigenvalue weighted by atomic mass is 35.5. The topological polar surface area (TPSA) is 38.0 Å². The van der Waals surface area contributed by atoms with Crippen molar-refractivity contribution in [3.05, 3.63) is 34.6 Å². The van der Waals surface area contributed by atoms with Gasteiger partial charge >= 0.3 is 0 Å². The molecule has 0 saturated heterocycles. The van der Waals surface area contributed by atoms with Crippen molar-refractivity contribution in [2.24, 2.45) is 5.84 Å². The van der Waals surface area contributed by atoms with Gasteiger partial charge < -0.3 is 0 Å². The molecule has 0 saturated carbocycles. The molecule has 0 spiro atoms. The normalized spacial score (nSPS) is 12.8. The molecule has 0 aliphatic heterocycles. The number of halogens is 2. The zero-order valence-corrected chi connectivity index (χ0v) is 9.52. The van der Waals surface area contributed by atoms with Crippen LogP contribution in [0.3, 0.4) is 0 Å². The molecule has 0 fully saturated rings. The van der Waals surface area contributed by atoms with E-state index in [1.54, 1.807) is 6.07 Å². The summed E-state index contributed by atoms with van der Waals surface area (Å²) in [6, 6.07) is 5.05. The molecule has 0 bridgehead atoms. The Labute approximate surface area is 94.6 Å². The van der Waals surface area contributed by atoms with Crippen LogP contribution in [-0.2, 0) is 6.42 Å². The zero-order valence-electron chi connectivity index (χ0n) is 8.76. The van der Waals surface area contributed by atoms with Gasteiger partial charge in [0, 0.05) is 6.04 Å². The molecular weight excluding hydrogens is 215 g/mol. The van der Waals surface area contributed by atoms with E-state index in [1.807, 2.05) is 6.07 Å². The lowest BCUT2D eigenvalue weighted by atomic mass is 10.0. The van der Waals surface area contributed by atoms with Gasteiger partial charge in [0.15, 0.2) is 0 Å². The predicted molar refractivity (Wildman–Crippen MR) is 61.1 cm³/mol. The third-order valence-electron chi connectivity index (χ3n) is 2.34. The van der Waals surface area contributed by atoms with Crippen molar-refractivity contribution >= 4 is 11.6 Å². The number of nitrogens with one attached hydrogen (secondary N) is 1. The summed E-state index contributed by atoms with van der Waals surface area (Å²) in [6.45, 7) is 2.09. The number of hydrogen-bond donors (Lipinski definition) is 2. The summed E-state index contributed by atoms with van der Waals surface area (Å²) < 4.78 is 13.1. The van der Waals surface area contributed by atoms with E-state index < -0.39 is 0 Å². The smallest absolute Gasteiger partial charge is 0.142 e. The van der Waals surface area contributed by atoms with Gasteiger partial charge in [0.05, 0.1) is 5.02 Å². The Morgan fingerprint density at radius 2 is 2.27 bits per heavy atom. The molecule has 1 aromatic carbocycles. The molecule has 1 rings (SSSR count). The van der Waals surface area contributed by atoms with Gasteiger partial charge in [0.2, 0.25) is 0 Å². The summed E-state index contributed by atoms with van der Waals surface area (Å²) >= 11 is 5.60. The van der Waals surface area contributed by atoms with Gasteiger partial charge in [-0.15, -0.1) is 0 Å². The lowest BCUT2D eigenvalue weighted by molar-refractivity contribution is 0.485. The number of nitrogens with two attached hydrogens (primary N) is 1. The van der Waals surface area contributed by atoms with E-state index in [-0.39, 0.29) is 16.9 Å². The zero-order chi connectivity index (χ0) is 11.3. The first-order valence-electron chi connectivity index (χ1n) is 5.07. The average molecular weight is 231 g/mol. The molecular formula is C11H16ClFN2. The van der Waals surface area contributed by atoms with E-state index in [2.05, 4.69) is 12.3 Å². The summed E-state index contributed by atoms with van der Waals surface area (Å²) in [7, 11) is 0. The van der Waals surface area contributed by atoms with Gasteiger partial charge in [0.1, 0.15) is 5.82 Å². The van der Waals surface area contributed by atoms with Crippen LogP contribution in [0.4, 0.5) is 4.39 Å². The Kier molecular flexibility index (Phi) is 5.02. The van der Waals surface area contributed by atoms with Crippen molar-refractivity contribution in [3.63, 3.8) is 0 Å². The van der Waals surface area contributed by atoms with E-state index in [9.17, 15) is 4.39 Å². The summed E-state index contributed by atoms with van der Waals surface area (Å²) in [5.41, 5.74) is 3.64. The summed E-state index contributed by atoms with van der Waals surface area (Å²) in [6.07, 6.45) is 2.74. The van der Waals surface area contributed by atoms with Gasteiger partial charge in [-0.1, -0.05) is 31.0 Å². The van der Waals surface area contributed by atoms with Crippen LogP contribution in [0, 0.1) is 5.82 Å². The quantitative estimate of drug-likeness (QED) is 0.603. The van der Waals surface area contributed by atoms with Crippen molar-refractivity contribution < 1.29 is 4.39 Å². The second kappa shape index (κ2) is 6.05. The van der Waals surface area contributed by atoms with E-state index in [0.29, 0.717) is 0 Å². The summed E-state index contributed by atoms with van der Waals surface area (Å²) in [4.78, 5) is 0. The molecule has 0 heterocycles. The van der Waals surface area contributed by atoms with Crippen LogP contribution in [0.5, 0.6) is 0 Å². The van der Waals surface area contributed by atoms with Crippen molar-refractivity contribution in [1.29, 1.82) is 0 Å². The molecule has 0 aromatic heterocycles. The van der Waals surface area contributed by atoms with Gasteiger partial charge in [-0.3, -0.25) is 11.3 Å². The lowest BCUT2D eigenvalue weighted by Crippen LogP contribution is -2.36. The Hall–Kier alpha value is -0.640. The predicted octanol–water partition coefficient (Wildman–Crippen LogP) is 2.65. The van der Waals surface area contributed by atoms with E-state index in [4.69, 9.17) is 17.4 Å². The number of benzene rings is 1. The minimum atomic E-state index is -0.374. The van der Waals surface area contributed by atoms with Crippen LogP contribution < -0.4 is 11.3 Å². The Bertz CT molecular complexity index is 317. The van der Waals surface area contributed by atoms with Crippen molar-refractivity contribution in [3.8, 4) is 0 Å². The molecule has 3 N–H and O–H groups in total. The Morgan fingerprint density at radius 3 is 2.80 bits per heavy atom. The molecule has 84 valence electrons. The summed E-state index contributed by atoms with van der Waals surface area (Å²) in [5.74, 6) is 5.03. The maximum atomic E-state index is 13.1. The fraction of sp³-hybridized carbons (Fsp3) is 0.455. The molecule has 1 atom stereocenters. The Morgan fingerprint density at radius 1 is 1.53 bits per heavy atom. The largest absolute Gasteiger partial charge is 0.271 e. The number of rotatable bonds is 5. The first-order chi connectivity index (χ1) is 7.17. The molecule has 1 unspecified atom stereocenters. The first-order valence-corrected chi connectivity index (χ1v) is 5.45. The maximum absolute atomic E-state index is 13.1. The fourth-order valence-corrected chi connectivity index (χ4v) is 1.66. The fourth-order valence-electron chi connectivity index (χ4n) is 1.54. The van der Waals surface area contributed by atoms with E-state index in [1.165, 1.54) is 6.07 Å². The summed E-state index contributed by atoms with van der Waals surface area (Å²) in [5, 5.41) is 0.159. The molecule has 0 radical (unpaired) electrons. The van der Waals surface area contributed by atoms with Crippen LogP contribution in [0.1, 0.15) is 25.3 Å². The van der Waals surface area contributed by atoms with E-state index >= 15 is 0 Å². The van der Waals surface area contributed by atoms with Crippen LogP contribution in [0.2, 0.25) is 5.02 Å². The van der Waals surface area contributed by atoms with Crippen molar-refractivity contribution in [2.45, 2.75) is 32.2 Å². The van der Waals surface area contributed by atoms with Gasteiger partial charge in [0.25, 0.3) is 0 Å². The van der Waals surface area contributed by atoms with Crippen LogP contribution in [0.25, 0.3) is 0 Å². The number of hydrogen-bond acceptors (Lipinski definition) is 2. The molecule has 2 nitrogen and oxygen atoms in total. The van der Waals surface area contributed by atoms with Crippen molar-refractivity contribution in [1.82, 2.24) is 5.43 Å². The third kappa shape index (κ3) is 3.78. The minimum Gasteiger partial charge on any atom is -0.271 e. The monoisotopic (exact) mass is 230 g/mol. The van der Waals surface area contributed by atoms with Gasteiger partial charge in [-0.25, -0.2) is 4.39 Å². The highest BCUT2D eigenvalue weighted by Crippen LogP contribution is 2.17. The SMILES string of the molecule is CCCC(Cc1ccc(Cl)c(F)c1)NN. The highest BCUT2D eigenvalue weighted by Gasteiger charge is 2.08. The minimum absolute atomic E-state index is 0.159. The highest BCUT2D eigenvalue weighted by molar-refractivity contribution is 6.30. The van der Waals surface area contributed by atoms with Crippen LogP contribution in [-0.4, -0.2) is 6.04 Å². The molecule has 1 aromatic rings.